The summed E-state index contributed by atoms with van der Waals surface area (Å²) in [5.74, 6) is -1.87. The summed E-state index contributed by atoms with van der Waals surface area (Å²) >= 11 is 0. The molecule has 116 valence electrons. The van der Waals surface area contributed by atoms with Gasteiger partial charge in [0.2, 0.25) is 0 Å². The van der Waals surface area contributed by atoms with Gasteiger partial charge in [0.05, 0.1) is 5.41 Å². The number of carbonyl (C=O) groups is 2. The molecule has 0 aromatic carbocycles. The van der Waals surface area contributed by atoms with Crippen LogP contribution in [0, 0.1) is 5.41 Å². The number of carbonyl (C=O) groups excluding carboxylic acids is 2. The first-order chi connectivity index (χ1) is 7.58. The fraction of sp³-hybridized carbons (Fsp3) is 0.833. The van der Waals surface area contributed by atoms with Crippen LogP contribution < -0.4 is 0 Å². The Bertz CT molecular complexity index is 285. The van der Waals surface area contributed by atoms with E-state index in [1.54, 1.807) is 20.8 Å². The monoisotopic (exact) mass is 288 g/mol. The first-order valence-corrected chi connectivity index (χ1v) is 4.98. The highest BCUT2D eigenvalue weighted by molar-refractivity contribution is 5.79. The van der Waals surface area contributed by atoms with E-state index in [1.165, 1.54) is 0 Å². The van der Waals surface area contributed by atoms with Gasteiger partial charge in [-0.25, -0.2) is 4.79 Å². The highest BCUT2D eigenvalue weighted by atomic mass is 19.4. The Labute approximate surface area is 112 Å². The quantitative estimate of drug-likeness (QED) is 0.728. The minimum Gasteiger partial charge on any atom is -0.454 e. The SMILES string of the molecule is C.C.CCC(C)(C)C(=O)OCC(=O)OCC(F)(F)F. The van der Waals surface area contributed by atoms with Crippen LogP contribution in [0.5, 0.6) is 0 Å². The van der Waals surface area contributed by atoms with Crippen molar-refractivity contribution in [3.8, 4) is 0 Å². The van der Waals surface area contributed by atoms with Gasteiger partial charge in [0.15, 0.2) is 13.2 Å². The summed E-state index contributed by atoms with van der Waals surface area (Å²) in [5.41, 5.74) is -0.774. The first-order valence-electron chi connectivity index (χ1n) is 4.98. The fourth-order valence-corrected chi connectivity index (χ4v) is 0.668. The Morgan fingerprint density at radius 3 is 1.89 bits per heavy atom. The number of hydrogen-bond donors (Lipinski definition) is 0. The summed E-state index contributed by atoms with van der Waals surface area (Å²) in [4.78, 5) is 22.2. The first kappa shape index (κ1) is 22.9. The molecule has 0 N–H and O–H groups in total. The lowest BCUT2D eigenvalue weighted by molar-refractivity contribution is -0.190. The molecule has 0 aliphatic heterocycles. The summed E-state index contributed by atoms with van der Waals surface area (Å²) in [5, 5.41) is 0. The molecule has 19 heavy (non-hydrogen) atoms. The van der Waals surface area contributed by atoms with Gasteiger partial charge in [0, 0.05) is 0 Å². The van der Waals surface area contributed by atoms with Gasteiger partial charge in [-0.05, 0) is 20.3 Å². The van der Waals surface area contributed by atoms with Crippen LogP contribution in [0.4, 0.5) is 13.2 Å². The third-order valence-corrected chi connectivity index (χ3v) is 2.15. The number of rotatable bonds is 5. The fourth-order valence-electron chi connectivity index (χ4n) is 0.668. The van der Waals surface area contributed by atoms with Gasteiger partial charge in [0.25, 0.3) is 0 Å². The van der Waals surface area contributed by atoms with E-state index < -0.39 is 36.7 Å². The minimum absolute atomic E-state index is 0. The second-order valence-electron chi connectivity index (χ2n) is 4.09. The number of ether oxygens (including phenoxy) is 2. The van der Waals surface area contributed by atoms with Crippen molar-refractivity contribution in [2.24, 2.45) is 5.41 Å². The molecule has 0 aliphatic rings. The summed E-state index contributed by atoms with van der Waals surface area (Å²) in [6, 6.07) is 0. The Kier molecular flexibility index (Phi) is 10.6. The van der Waals surface area contributed by atoms with E-state index in [-0.39, 0.29) is 14.9 Å². The molecule has 0 atom stereocenters. The third kappa shape index (κ3) is 10.3. The molecule has 0 aromatic heterocycles. The Hall–Kier alpha value is -1.27. The third-order valence-electron chi connectivity index (χ3n) is 2.15. The number of halogens is 3. The van der Waals surface area contributed by atoms with E-state index in [0.717, 1.165) is 0 Å². The van der Waals surface area contributed by atoms with E-state index in [4.69, 9.17) is 0 Å². The maximum Gasteiger partial charge on any atom is 0.422 e. The molecule has 0 aliphatic carbocycles. The summed E-state index contributed by atoms with van der Waals surface area (Å²) in [6.07, 6.45) is -4.09. The smallest absolute Gasteiger partial charge is 0.422 e. The Morgan fingerprint density at radius 1 is 1.05 bits per heavy atom. The molecule has 0 amide bonds. The lowest BCUT2D eigenvalue weighted by atomic mass is 9.91. The highest BCUT2D eigenvalue weighted by Gasteiger charge is 2.31. The molecule has 0 unspecified atom stereocenters. The molecule has 0 bridgehead atoms. The molecule has 0 rings (SSSR count). The number of alkyl halides is 3. The van der Waals surface area contributed by atoms with Crippen molar-refractivity contribution >= 4 is 11.9 Å². The minimum atomic E-state index is -4.58. The van der Waals surface area contributed by atoms with E-state index in [2.05, 4.69) is 9.47 Å². The van der Waals surface area contributed by atoms with Crippen LogP contribution in [-0.4, -0.2) is 31.3 Å². The molecule has 0 heterocycles. The van der Waals surface area contributed by atoms with Crippen molar-refractivity contribution in [2.45, 2.75) is 48.2 Å². The van der Waals surface area contributed by atoms with Crippen LogP contribution in [0.3, 0.4) is 0 Å². The van der Waals surface area contributed by atoms with Crippen LogP contribution >= 0.6 is 0 Å². The van der Waals surface area contributed by atoms with Crippen molar-refractivity contribution in [3.63, 3.8) is 0 Å². The van der Waals surface area contributed by atoms with E-state index in [0.29, 0.717) is 6.42 Å². The largest absolute Gasteiger partial charge is 0.454 e. The molecule has 0 aromatic rings. The highest BCUT2D eigenvalue weighted by Crippen LogP contribution is 2.21. The number of hydrogen-bond acceptors (Lipinski definition) is 4. The van der Waals surface area contributed by atoms with E-state index in [1.807, 2.05) is 0 Å². The standard InChI is InChI=1S/C10H15F3O4.2CH4/c1-4-9(2,3)8(15)16-5-7(14)17-6-10(11,12)13;;/h4-6H2,1-3H3;2*1H4. The predicted molar refractivity (Wildman–Crippen MR) is 65.5 cm³/mol. The Morgan fingerprint density at radius 2 is 1.53 bits per heavy atom. The molecule has 0 fully saturated rings. The zero-order chi connectivity index (χ0) is 13.7. The van der Waals surface area contributed by atoms with Crippen molar-refractivity contribution < 1.29 is 32.2 Å². The summed E-state index contributed by atoms with van der Waals surface area (Å²) in [6.45, 7) is 2.48. The van der Waals surface area contributed by atoms with Crippen LogP contribution in [0.2, 0.25) is 0 Å². The second-order valence-corrected chi connectivity index (χ2v) is 4.09. The lowest BCUT2D eigenvalue weighted by Crippen LogP contribution is -2.29. The van der Waals surface area contributed by atoms with Gasteiger partial charge in [0.1, 0.15) is 0 Å². The summed E-state index contributed by atoms with van der Waals surface area (Å²) < 4.78 is 43.4. The van der Waals surface area contributed by atoms with Crippen LogP contribution in [0.25, 0.3) is 0 Å². The average Bonchev–Trinajstić information content (AvgIpc) is 2.21. The molecular formula is C12H23F3O4. The van der Waals surface area contributed by atoms with Crippen LogP contribution in [0.1, 0.15) is 42.0 Å². The topological polar surface area (TPSA) is 52.6 Å². The molecular weight excluding hydrogens is 265 g/mol. The van der Waals surface area contributed by atoms with Gasteiger partial charge in [-0.1, -0.05) is 21.8 Å². The second kappa shape index (κ2) is 8.77. The normalized spacial score (nSPS) is 10.8. The Balaban J connectivity index is -0.00000128. The molecule has 0 spiro atoms. The molecule has 0 saturated heterocycles. The zero-order valence-corrected chi connectivity index (χ0v) is 9.89. The van der Waals surface area contributed by atoms with E-state index >= 15 is 0 Å². The summed E-state index contributed by atoms with van der Waals surface area (Å²) in [7, 11) is 0. The lowest BCUT2D eigenvalue weighted by Gasteiger charge is -2.19. The van der Waals surface area contributed by atoms with E-state index in [9.17, 15) is 22.8 Å². The van der Waals surface area contributed by atoms with Crippen molar-refractivity contribution in [2.75, 3.05) is 13.2 Å². The van der Waals surface area contributed by atoms with Gasteiger partial charge in [-0.3, -0.25) is 4.79 Å². The van der Waals surface area contributed by atoms with Crippen LogP contribution in [-0.2, 0) is 19.1 Å². The number of esters is 2. The molecule has 0 radical (unpaired) electrons. The van der Waals surface area contributed by atoms with Crippen molar-refractivity contribution in [1.82, 2.24) is 0 Å². The van der Waals surface area contributed by atoms with Gasteiger partial charge < -0.3 is 9.47 Å². The van der Waals surface area contributed by atoms with Crippen molar-refractivity contribution in [3.05, 3.63) is 0 Å². The van der Waals surface area contributed by atoms with Gasteiger partial charge in [-0.15, -0.1) is 0 Å². The molecule has 4 nitrogen and oxygen atoms in total. The van der Waals surface area contributed by atoms with Crippen LogP contribution in [0.15, 0.2) is 0 Å². The van der Waals surface area contributed by atoms with Gasteiger partial charge >= 0.3 is 18.1 Å². The maximum atomic E-state index is 11.7. The maximum absolute atomic E-state index is 11.7. The molecule has 0 saturated carbocycles. The van der Waals surface area contributed by atoms with Crippen molar-refractivity contribution in [1.29, 1.82) is 0 Å². The predicted octanol–water partition coefficient (Wildman–Crippen LogP) is 3.34. The zero-order valence-electron chi connectivity index (χ0n) is 9.89. The average molecular weight is 288 g/mol. The van der Waals surface area contributed by atoms with Gasteiger partial charge in [-0.2, -0.15) is 13.2 Å². The molecule has 7 heteroatoms.